The van der Waals surface area contributed by atoms with Crippen molar-refractivity contribution in [1.82, 2.24) is 5.32 Å². The first-order valence-corrected chi connectivity index (χ1v) is 6.11. The standard InChI is InChI=1S/C13H20N2O4/c14-13(17)10-19-12-3-1-11(2-4-12)9-15-5-7-18-8-6-16/h1-4,15-16H,5-10H2,(H2,14,17). The molecule has 0 radical (unpaired) electrons. The van der Waals surface area contributed by atoms with Crippen LogP contribution in [0, 0.1) is 0 Å². The van der Waals surface area contributed by atoms with Crippen molar-refractivity contribution in [3.8, 4) is 5.75 Å². The summed E-state index contributed by atoms with van der Waals surface area (Å²) in [5.74, 6) is 0.127. The molecule has 0 aliphatic carbocycles. The van der Waals surface area contributed by atoms with E-state index >= 15 is 0 Å². The van der Waals surface area contributed by atoms with Gasteiger partial charge in [0, 0.05) is 13.1 Å². The number of benzene rings is 1. The van der Waals surface area contributed by atoms with Crippen molar-refractivity contribution >= 4 is 5.91 Å². The zero-order valence-electron chi connectivity index (χ0n) is 10.8. The molecular weight excluding hydrogens is 248 g/mol. The van der Waals surface area contributed by atoms with E-state index in [4.69, 9.17) is 20.3 Å². The smallest absolute Gasteiger partial charge is 0.255 e. The lowest BCUT2D eigenvalue weighted by Crippen LogP contribution is -2.20. The van der Waals surface area contributed by atoms with Crippen LogP contribution in [0.1, 0.15) is 5.56 Å². The Morgan fingerprint density at radius 1 is 1.26 bits per heavy atom. The number of rotatable bonds is 10. The van der Waals surface area contributed by atoms with E-state index in [0.717, 1.165) is 18.7 Å². The van der Waals surface area contributed by atoms with Gasteiger partial charge in [-0.2, -0.15) is 0 Å². The van der Waals surface area contributed by atoms with Gasteiger partial charge in [-0.15, -0.1) is 0 Å². The maximum Gasteiger partial charge on any atom is 0.255 e. The van der Waals surface area contributed by atoms with Crippen LogP contribution in [-0.2, 0) is 16.1 Å². The molecule has 0 heterocycles. The van der Waals surface area contributed by atoms with Gasteiger partial charge in [0.2, 0.25) is 0 Å². The second kappa shape index (κ2) is 9.32. The number of nitrogens with one attached hydrogen (secondary N) is 1. The summed E-state index contributed by atoms with van der Waals surface area (Å²) < 4.78 is 10.3. The highest BCUT2D eigenvalue weighted by Crippen LogP contribution is 2.11. The number of ether oxygens (including phenoxy) is 2. The first-order valence-electron chi connectivity index (χ1n) is 6.11. The summed E-state index contributed by atoms with van der Waals surface area (Å²) in [6.45, 7) is 2.32. The molecule has 1 aromatic rings. The fourth-order valence-corrected chi connectivity index (χ4v) is 1.40. The van der Waals surface area contributed by atoms with E-state index < -0.39 is 5.91 Å². The number of carbonyl (C=O) groups is 1. The lowest BCUT2D eigenvalue weighted by atomic mass is 10.2. The van der Waals surface area contributed by atoms with Gasteiger partial charge in [0.15, 0.2) is 6.61 Å². The second-order valence-electron chi connectivity index (χ2n) is 3.91. The number of hydrogen-bond donors (Lipinski definition) is 3. The van der Waals surface area contributed by atoms with Crippen LogP contribution in [0.5, 0.6) is 5.75 Å². The molecule has 4 N–H and O–H groups in total. The van der Waals surface area contributed by atoms with Crippen LogP contribution in [0.25, 0.3) is 0 Å². The SMILES string of the molecule is NC(=O)COc1ccc(CNCCOCCO)cc1. The fraction of sp³-hybridized carbons (Fsp3) is 0.462. The van der Waals surface area contributed by atoms with Gasteiger partial charge in [-0.1, -0.05) is 12.1 Å². The summed E-state index contributed by atoms with van der Waals surface area (Å²) in [5.41, 5.74) is 6.09. The second-order valence-corrected chi connectivity index (χ2v) is 3.91. The third-order valence-electron chi connectivity index (χ3n) is 2.29. The number of nitrogens with two attached hydrogens (primary N) is 1. The van der Waals surface area contributed by atoms with Gasteiger partial charge < -0.3 is 25.6 Å². The van der Waals surface area contributed by atoms with E-state index in [1.54, 1.807) is 12.1 Å². The lowest BCUT2D eigenvalue weighted by molar-refractivity contribution is -0.119. The van der Waals surface area contributed by atoms with Crippen LogP contribution in [0.2, 0.25) is 0 Å². The number of hydrogen-bond acceptors (Lipinski definition) is 5. The molecule has 0 atom stereocenters. The Morgan fingerprint density at radius 3 is 2.63 bits per heavy atom. The molecule has 0 saturated heterocycles. The average molecular weight is 268 g/mol. The Balaban J connectivity index is 2.19. The molecule has 1 amide bonds. The molecule has 0 aliphatic rings. The number of amides is 1. The predicted octanol–water partition coefficient (Wildman–Crippen LogP) is -0.351. The number of primary amides is 1. The average Bonchev–Trinajstić information content (AvgIpc) is 2.41. The lowest BCUT2D eigenvalue weighted by Gasteiger charge is -2.07. The van der Waals surface area contributed by atoms with Gasteiger partial charge in [-0.05, 0) is 17.7 Å². The molecule has 0 unspecified atom stereocenters. The number of aliphatic hydroxyl groups excluding tert-OH is 1. The topological polar surface area (TPSA) is 93.8 Å². The van der Waals surface area contributed by atoms with Crippen molar-refractivity contribution in [1.29, 1.82) is 0 Å². The first kappa shape index (κ1) is 15.4. The summed E-state index contributed by atoms with van der Waals surface area (Å²) >= 11 is 0. The zero-order valence-corrected chi connectivity index (χ0v) is 10.8. The van der Waals surface area contributed by atoms with Crippen molar-refractivity contribution in [3.05, 3.63) is 29.8 Å². The van der Waals surface area contributed by atoms with Gasteiger partial charge in [0.05, 0.1) is 19.8 Å². The van der Waals surface area contributed by atoms with E-state index in [1.165, 1.54) is 0 Å². The van der Waals surface area contributed by atoms with Crippen LogP contribution in [-0.4, -0.2) is 44.0 Å². The molecule has 1 aromatic carbocycles. The minimum absolute atomic E-state index is 0.0484. The predicted molar refractivity (Wildman–Crippen MR) is 70.7 cm³/mol. The molecule has 0 spiro atoms. The van der Waals surface area contributed by atoms with Crippen LogP contribution in [0.3, 0.4) is 0 Å². The van der Waals surface area contributed by atoms with E-state index in [1.807, 2.05) is 12.1 Å². The molecule has 6 nitrogen and oxygen atoms in total. The highest BCUT2D eigenvalue weighted by atomic mass is 16.5. The molecule has 0 saturated carbocycles. The molecule has 0 aliphatic heterocycles. The Hall–Kier alpha value is -1.63. The minimum atomic E-state index is -0.492. The molecule has 0 fully saturated rings. The van der Waals surface area contributed by atoms with Gasteiger partial charge in [0.25, 0.3) is 5.91 Å². The number of carbonyl (C=O) groups excluding carboxylic acids is 1. The largest absolute Gasteiger partial charge is 0.484 e. The van der Waals surface area contributed by atoms with Crippen LogP contribution in [0.4, 0.5) is 0 Å². The number of aliphatic hydroxyl groups is 1. The van der Waals surface area contributed by atoms with Crippen LogP contribution in [0.15, 0.2) is 24.3 Å². The molecule has 6 heteroatoms. The van der Waals surface area contributed by atoms with E-state index in [0.29, 0.717) is 19.0 Å². The Kier molecular flexibility index (Phi) is 7.57. The van der Waals surface area contributed by atoms with E-state index in [-0.39, 0.29) is 13.2 Å². The molecular formula is C13H20N2O4. The molecule has 0 aromatic heterocycles. The quantitative estimate of drug-likeness (QED) is 0.504. The van der Waals surface area contributed by atoms with Crippen LogP contribution >= 0.6 is 0 Å². The summed E-state index contributed by atoms with van der Waals surface area (Å²) in [6, 6.07) is 7.42. The molecule has 106 valence electrons. The monoisotopic (exact) mass is 268 g/mol. The summed E-state index contributed by atoms with van der Waals surface area (Å²) in [5, 5.41) is 11.7. The minimum Gasteiger partial charge on any atom is -0.484 e. The van der Waals surface area contributed by atoms with Crippen molar-refractivity contribution < 1.29 is 19.4 Å². The Labute approximate surface area is 112 Å². The maximum absolute atomic E-state index is 10.5. The maximum atomic E-state index is 10.5. The first-order chi connectivity index (χ1) is 9.22. The van der Waals surface area contributed by atoms with Crippen molar-refractivity contribution in [2.24, 2.45) is 5.73 Å². The highest BCUT2D eigenvalue weighted by molar-refractivity contribution is 5.75. The highest BCUT2D eigenvalue weighted by Gasteiger charge is 1.98. The van der Waals surface area contributed by atoms with Gasteiger partial charge in [0.1, 0.15) is 5.75 Å². The van der Waals surface area contributed by atoms with Gasteiger partial charge >= 0.3 is 0 Å². The van der Waals surface area contributed by atoms with E-state index in [2.05, 4.69) is 5.32 Å². The normalized spacial score (nSPS) is 10.4. The summed E-state index contributed by atoms with van der Waals surface area (Å²) in [4.78, 5) is 10.5. The van der Waals surface area contributed by atoms with Gasteiger partial charge in [-0.3, -0.25) is 4.79 Å². The van der Waals surface area contributed by atoms with Crippen LogP contribution < -0.4 is 15.8 Å². The van der Waals surface area contributed by atoms with Crippen molar-refractivity contribution in [2.75, 3.05) is 33.0 Å². The summed E-state index contributed by atoms with van der Waals surface area (Å²) in [6.07, 6.45) is 0. The third kappa shape index (κ3) is 7.40. The van der Waals surface area contributed by atoms with Crippen molar-refractivity contribution in [2.45, 2.75) is 6.54 Å². The molecule has 0 bridgehead atoms. The molecule has 19 heavy (non-hydrogen) atoms. The fourth-order valence-electron chi connectivity index (χ4n) is 1.40. The Bertz CT molecular complexity index is 367. The molecule has 1 rings (SSSR count). The Morgan fingerprint density at radius 2 is 2.00 bits per heavy atom. The third-order valence-corrected chi connectivity index (χ3v) is 2.29. The van der Waals surface area contributed by atoms with Crippen molar-refractivity contribution in [3.63, 3.8) is 0 Å². The zero-order chi connectivity index (χ0) is 13.9. The van der Waals surface area contributed by atoms with Gasteiger partial charge in [-0.25, -0.2) is 0 Å². The van der Waals surface area contributed by atoms with E-state index in [9.17, 15) is 4.79 Å². The summed E-state index contributed by atoms with van der Waals surface area (Å²) in [7, 11) is 0.